The topological polar surface area (TPSA) is 69.5 Å². The summed E-state index contributed by atoms with van der Waals surface area (Å²) >= 11 is 1.43. The van der Waals surface area contributed by atoms with Crippen molar-refractivity contribution in [1.82, 2.24) is 9.88 Å². The molecule has 29 heavy (non-hydrogen) atoms. The molecule has 1 amide bonds. The summed E-state index contributed by atoms with van der Waals surface area (Å²) in [6, 6.07) is 2.42. The van der Waals surface area contributed by atoms with Gasteiger partial charge in [0.05, 0.1) is 24.5 Å². The number of nitrogens with zero attached hydrogens (tertiary/aromatic N) is 4. The molecule has 0 spiro atoms. The van der Waals surface area contributed by atoms with Gasteiger partial charge in [-0.2, -0.15) is 5.26 Å². The van der Waals surface area contributed by atoms with Crippen LogP contribution in [0.25, 0.3) is 0 Å². The Hall–Kier alpha value is -1.78. The number of carbonyl (C=O) groups excluding carboxylic acids is 1. The number of amides is 1. The Morgan fingerprint density at radius 2 is 1.86 bits per heavy atom. The number of hydrogen-bond acceptors (Lipinski definition) is 6. The Morgan fingerprint density at radius 3 is 2.55 bits per heavy atom. The van der Waals surface area contributed by atoms with Crippen LogP contribution < -0.4 is 4.90 Å². The number of pyridine rings is 1. The first-order valence-corrected chi connectivity index (χ1v) is 11.8. The second kappa shape index (κ2) is 9.36. The fourth-order valence-corrected chi connectivity index (χ4v) is 5.42. The summed E-state index contributed by atoms with van der Waals surface area (Å²) in [7, 11) is 0. The molecule has 0 N–H and O–H groups in total. The highest BCUT2D eigenvalue weighted by molar-refractivity contribution is 8.00. The quantitative estimate of drug-likeness (QED) is 0.706. The second-order valence-electron chi connectivity index (χ2n) is 8.34. The van der Waals surface area contributed by atoms with Gasteiger partial charge in [0, 0.05) is 26.2 Å². The Labute approximate surface area is 177 Å². The minimum absolute atomic E-state index is 0.107. The third-order valence-corrected chi connectivity index (χ3v) is 7.31. The van der Waals surface area contributed by atoms with Gasteiger partial charge in [-0.05, 0) is 55.6 Å². The number of fused-ring (bicyclic) bond motifs is 1. The number of morpholine rings is 1. The summed E-state index contributed by atoms with van der Waals surface area (Å²) in [5, 5.41) is 10.6. The first kappa shape index (κ1) is 20.5. The molecule has 4 rings (SSSR count). The van der Waals surface area contributed by atoms with E-state index in [0.29, 0.717) is 37.6 Å². The molecule has 0 atom stereocenters. The summed E-state index contributed by atoms with van der Waals surface area (Å²) in [5.74, 6) is 2.28. The second-order valence-corrected chi connectivity index (χ2v) is 9.31. The summed E-state index contributed by atoms with van der Waals surface area (Å²) in [6.45, 7) is 6.89. The molecule has 7 heteroatoms. The number of ether oxygens (including phenoxy) is 1. The molecule has 1 aromatic rings. The van der Waals surface area contributed by atoms with Crippen LogP contribution in [0.3, 0.4) is 0 Å². The lowest BCUT2D eigenvalue weighted by Crippen LogP contribution is -2.41. The zero-order valence-corrected chi connectivity index (χ0v) is 18.1. The van der Waals surface area contributed by atoms with Gasteiger partial charge in [-0.15, -0.1) is 0 Å². The maximum atomic E-state index is 12.6. The Bertz CT molecular complexity index is 793. The Morgan fingerprint density at radius 1 is 1.17 bits per heavy atom. The van der Waals surface area contributed by atoms with Crippen LogP contribution in [0.2, 0.25) is 0 Å². The van der Waals surface area contributed by atoms with E-state index in [4.69, 9.17) is 9.72 Å². The van der Waals surface area contributed by atoms with Crippen molar-refractivity contribution in [3.05, 3.63) is 16.7 Å². The van der Waals surface area contributed by atoms with Gasteiger partial charge in [-0.25, -0.2) is 4.98 Å². The van der Waals surface area contributed by atoms with E-state index >= 15 is 0 Å². The smallest absolute Gasteiger partial charge is 0.233 e. The molecular weight excluding hydrogens is 384 g/mol. The Balaban J connectivity index is 1.59. The van der Waals surface area contributed by atoms with Gasteiger partial charge in [0.15, 0.2) is 0 Å². The van der Waals surface area contributed by atoms with Crippen LogP contribution in [0.1, 0.15) is 49.3 Å². The SMILES string of the molecule is CC1CCN(c2nc(SCC(=O)N3CCOCC3)c(C#N)c3c2CCCC3)CC1. The molecule has 0 radical (unpaired) electrons. The van der Waals surface area contributed by atoms with E-state index in [1.165, 1.54) is 42.2 Å². The summed E-state index contributed by atoms with van der Waals surface area (Å²) in [4.78, 5) is 21.9. The van der Waals surface area contributed by atoms with Crippen LogP contribution in [0.4, 0.5) is 5.82 Å². The van der Waals surface area contributed by atoms with Crippen LogP contribution >= 0.6 is 11.8 Å². The van der Waals surface area contributed by atoms with Crippen LogP contribution in [-0.4, -0.2) is 60.9 Å². The van der Waals surface area contributed by atoms with Gasteiger partial charge in [0.1, 0.15) is 16.9 Å². The molecule has 156 valence electrons. The highest BCUT2D eigenvalue weighted by atomic mass is 32.2. The zero-order valence-electron chi connectivity index (χ0n) is 17.3. The lowest BCUT2D eigenvalue weighted by atomic mass is 9.88. The maximum absolute atomic E-state index is 12.6. The number of rotatable bonds is 4. The predicted molar refractivity (Wildman–Crippen MR) is 114 cm³/mol. The average molecular weight is 415 g/mol. The van der Waals surface area contributed by atoms with E-state index in [1.54, 1.807) is 0 Å². The minimum atomic E-state index is 0.107. The first-order valence-electron chi connectivity index (χ1n) is 10.9. The van der Waals surface area contributed by atoms with Crippen molar-refractivity contribution in [3.63, 3.8) is 0 Å². The molecule has 2 saturated heterocycles. The van der Waals surface area contributed by atoms with E-state index in [-0.39, 0.29) is 5.91 Å². The molecule has 3 heterocycles. The minimum Gasteiger partial charge on any atom is -0.378 e. The van der Waals surface area contributed by atoms with Crippen LogP contribution in [0.5, 0.6) is 0 Å². The lowest BCUT2D eigenvalue weighted by Gasteiger charge is -2.34. The molecule has 2 fully saturated rings. The van der Waals surface area contributed by atoms with Gasteiger partial charge in [0.2, 0.25) is 5.91 Å². The van der Waals surface area contributed by atoms with Crippen molar-refractivity contribution >= 4 is 23.5 Å². The van der Waals surface area contributed by atoms with E-state index in [2.05, 4.69) is 17.9 Å². The van der Waals surface area contributed by atoms with Crippen molar-refractivity contribution in [2.24, 2.45) is 5.92 Å². The van der Waals surface area contributed by atoms with E-state index < -0.39 is 0 Å². The van der Waals surface area contributed by atoms with Crippen molar-refractivity contribution in [1.29, 1.82) is 5.26 Å². The van der Waals surface area contributed by atoms with Gasteiger partial charge >= 0.3 is 0 Å². The average Bonchev–Trinajstić information content (AvgIpc) is 2.78. The lowest BCUT2D eigenvalue weighted by molar-refractivity contribution is -0.132. The van der Waals surface area contributed by atoms with Gasteiger partial charge < -0.3 is 14.5 Å². The van der Waals surface area contributed by atoms with Crippen molar-refractivity contribution in [3.8, 4) is 6.07 Å². The summed E-state index contributed by atoms with van der Waals surface area (Å²) in [5.41, 5.74) is 3.17. The molecule has 0 saturated carbocycles. The van der Waals surface area contributed by atoms with E-state index in [1.807, 2.05) is 4.90 Å². The number of anilines is 1. The standard InChI is InChI=1S/C22H30N4O2S/c1-16-6-8-26(9-7-16)21-18-5-3-2-4-17(18)19(14-23)22(24-21)29-15-20(27)25-10-12-28-13-11-25/h16H,2-13,15H2,1H3. The normalized spacial score (nSPS) is 20.3. The number of aromatic nitrogens is 1. The summed E-state index contributed by atoms with van der Waals surface area (Å²) < 4.78 is 5.34. The molecule has 0 unspecified atom stereocenters. The van der Waals surface area contributed by atoms with Crippen LogP contribution in [0.15, 0.2) is 5.03 Å². The number of thioether (sulfide) groups is 1. The molecule has 0 bridgehead atoms. The number of nitriles is 1. The van der Waals surface area contributed by atoms with Gasteiger partial charge in [-0.1, -0.05) is 18.7 Å². The van der Waals surface area contributed by atoms with Gasteiger partial charge in [-0.3, -0.25) is 4.79 Å². The molecule has 1 aromatic heterocycles. The third-order valence-electron chi connectivity index (χ3n) is 6.35. The highest BCUT2D eigenvalue weighted by Gasteiger charge is 2.27. The fraction of sp³-hybridized carbons (Fsp3) is 0.682. The predicted octanol–water partition coefficient (Wildman–Crippen LogP) is 3.02. The maximum Gasteiger partial charge on any atom is 0.233 e. The fourth-order valence-electron chi connectivity index (χ4n) is 4.51. The first-order chi connectivity index (χ1) is 14.2. The summed E-state index contributed by atoms with van der Waals surface area (Å²) in [6.07, 6.45) is 6.62. The van der Waals surface area contributed by atoms with Crippen LogP contribution in [0, 0.1) is 17.2 Å². The number of piperidine rings is 1. The van der Waals surface area contributed by atoms with Crippen LogP contribution in [-0.2, 0) is 22.4 Å². The Kier molecular flexibility index (Phi) is 6.61. The van der Waals surface area contributed by atoms with Gasteiger partial charge in [0.25, 0.3) is 0 Å². The number of hydrogen-bond donors (Lipinski definition) is 0. The van der Waals surface area contributed by atoms with Crippen molar-refractivity contribution in [2.75, 3.05) is 50.0 Å². The monoisotopic (exact) mass is 414 g/mol. The molecule has 0 aromatic carbocycles. The molecule has 1 aliphatic carbocycles. The highest BCUT2D eigenvalue weighted by Crippen LogP contribution is 2.37. The molecule has 3 aliphatic rings. The molecule has 6 nitrogen and oxygen atoms in total. The molecule has 2 aliphatic heterocycles. The zero-order chi connectivity index (χ0) is 20.2. The van der Waals surface area contributed by atoms with E-state index in [0.717, 1.165) is 49.1 Å². The van der Waals surface area contributed by atoms with Crippen molar-refractivity contribution < 1.29 is 9.53 Å². The van der Waals surface area contributed by atoms with Crippen molar-refractivity contribution in [2.45, 2.75) is 50.5 Å². The number of carbonyl (C=O) groups is 1. The molecular formula is C22H30N4O2S. The van der Waals surface area contributed by atoms with E-state index in [9.17, 15) is 10.1 Å². The largest absolute Gasteiger partial charge is 0.378 e. The third kappa shape index (κ3) is 4.54.